The number of nitrogens with zero attached hydrogens (tertiary/aromatic N) is 1. The molecule has 1 atom stereocenters. The van der Waals surface area contributed by atoms with Gasteiger partial charge in [0.15, 0.2) is 0 Å². The Hall–Kier alpha value is -5.39. The first-order valence-electron chi connectivity index (χ1n) is 23.9. The van der Waals surface area contributed by atoms with Gasteiger partial charge in [0.05, 0.1) is 19.8 Å². The van der Waals surface area contributed by atoms with E-state index < -0.39 is 10.9 Å². The minimum Gasteiger partial charge on any atom is -0.307 e. The molecule has 0 saturated heterocycles. The zero-order chi connectivity index (χ0) is 45.2. The number of benzene rings is 7. The molecule has 0 bridgehead atoms. The van der Waals surface area contributed by atoms with Crippen LogP contribution in [0.4, 0.5) is 17.1 Å². The summed E-state index contributed by atoms with van der Waals surface area (Å²) in [4.78, 5) is 5.63. The molecule has 0 amide bonds. The van der Waals surface area contributed by atoms with Crippen LogP contribution in [0.15, 0.2) is 159 Å². The molecule has 2 aliphatic heterocycles. The van der Waals surface area contributed by atoms with E-state index in [1.54, 1.807) is 4.21 Å². The fourth-order valence-electron chi connectivity index (χ4n) is 12.4. The molecule has 9 aromatic rings. The molecule has 2 aromatic heterocycles. The second-order valence-corrected chi connectivity index (χ2v) is 27.1. The van der Waals surface area contributed by atoms with Crippen molar-refractivity contribution < 1.29 is 0 Å². The van der Waals surface area contributed by atoms with Gasteiger partial charge in [-0.05, 0) is 127 Å². The van der Waals surface area contributed by atoms with E-state index >= 15 is 0 Å². The molecular weight excluding hydrogens is 855 g/mol. The van der Waals surface area contributed by atoms with Gasteiger partial charge < -0.3 is 4.90 Å². The molecule has 0 N–H and O–H groups in total. The Balaban J connectivity index is 1.18. The Bertz CT molecular complexity index is 3450. The molecule has 0 spiro atoms. The maximum absolute atomic E-state index is 2.73. The van der Waals surface area contributed by atoms with Gasteiger partial charge in [-0.25, -0.2) is 0 Å². The molecule has 0 saturated carbocycles. The average Bonchev–Trinajstić information content (AvgIpc) is 3.88. The maximum atomic E-state index is 2.73. The maximum Gasteiger partial charge on any atom is 0.0775 e. The van der Waals surface area contributed by atoms with Gasteiger partial charge in [0.25, 0.3) is 0 Å². The monoisotopic (exact) mass is 911 g/mol. The Morgan fingerprint density at radius 3 is 1.88 bits per heavy atom. The van der Waals surface area contributed by atoms with Gasteiger partial charge >= 0.3 is 0 Å². The number of thiophene rings is 2. The molecule has 4 heterocycles. The lowest BCUT2D eigenvalue weighted by Crippen LogP contribution is -2.33. The molecular formula is C62H57NS3. The van der Waals surface area contributed by atoms with Crippen LogP contribution < -0.4 is 4.90 Å². The summed E-state index contributed by atoms with van der Waals surface area (Å²) < 4.78 is 4.50. The Morgan fingerprint density at radius 2 is 1.21 bits per heavy atom. The van der Waals surface area contributed by atoms with E-state index in [1.165, 1.54) is 126 Å². The van der Waals surface area contributed by atoms with Gasteiger partial charge in [0, 0.05) is 47.7 Å². The van der Waals surface area contributed by atoms with Crippen LogP contribution in [0.25, 0.3) is 42.4 Å². The van der Waals surface area contributed by atoms with E-state index in [-0.39, 0.29) is 27.6 Å². The summed E-state index contributed by atoms with van der Waals surface area (Å²) >= 11 is 4.15. The SMILES string of the molecule is CC(C)(C)c1ccc(N2c3cc(C4c5ccccc5C(C)(C)c5ccccc54)cc4c3[SH](c3sc5cc6c(cc5c32)C(C)(C)CCC6(C)C)c2sc(-c3ccccc3)c3cccc-4c23)cc1. The molecule has 2 aliphatic carbocycles. The first-order chi connectivity index (χ1) is 31.6. The molecule has 1 nitrogen and oxygen atoms in total. The Morgan fingerprint density at radius 1 is 0.576 bits per heavy atom. The third-order valence-corrected chi connectivity index (χ3v) is 21.9. The fraction of sp³-hybridized carbons (Fsp3) is 0.258. The highest BCUT2D eigenvalue weighted by atomic mass is 32.2. The van der Waals surface area contributed by atoms with E-state index in [0.717, 1.165) is 0 Å². The topological polar surface area (TPSA) is 3.24 Å². The summed E-state index contributed by atoms with van der Waals surface area (Å²) in [6.45, 7) is 21.8. The van der Waals surface area contributed by atoms with Crippen LogP contribution in [0, 0.1) is 0 Å². The first kappa shape index (κ1) is 40.8. The van der Waals surface area contributed by atoms with Crippen molar-refractivity contribution in [1.29, 1.82) is 0 Å². The minimum absolute atomic E-state index is 0.0474. The summed E-state index contributed by atoms with van der Waals surface area (Å²) in [5.74, 6) is 0.0851. The van der Waals surface area contributed by atoms with Crippen LogP contribution >= 0.6 is 33.6 Å². The predicted molar refractivity (Wildman–Crippen MR) is 286 cm³/mol. The van der Waals surface area contributed by atoms with Crippen molar-refractivity contribution in [2.75, 3.05) is 4.90 Å². The lowest BCUT2D eigenvalue weighted by molar-refractivity contribution is 0.332. The zero-order valence-corrected chi connectivity index (χ0v) is 42.1. The standard InChI is InChI=1S/C62H57NS3/c1-59(2,3)38-26-28-39(29-27-38)63-50-33-37(52-41-20-13-15-24-46(41)62(8,9)47-25-16-14-21-42(47)52)32-44-40-22-17-23-43-53(40)57(65-55(43)36-18-11-10-12-19-36)66(56(44)50)58-54(63)45-34-48-49(35-51(45)64-58)61(6,7)31-30-60(48,4)5/h10-29,32-35,52,66H,30-31H2,1-9H3. The van der Waals surface area contributed by atoms with Gasteiger partial charge in [-0.3, -0.25) is 0 Å². The average molecular weight is 912 g/mol. The smallest absolute Gasteiger partial charge is 0.0775 e. The van der Waals surface area contributed by atoms with Crippen molar-refractivity contribution in [2.45, 2.75) is 116 Å². The van der Waals surface area contributed by atoms with Gasteiger partial charge in [0.2, 0.25) is 0 Å². The van der Waals surface area contributed by atoms with Gasteiger partial charge in [-0.1, -0.05) is 172 Å². The van der Waals surface area contributed by atoms with Crippen LogP contribution in [-0.2, 0) is 21.7 Å². The molecule has 328 valence electrons. The van der Waals surface area contributed by atoms with Gasteiger partial charge in [0.1, 0.15) is 0 Å². The van der Waals surface area contributed by atoms with E-state index in [0.29, 0.717) is 0 Å². The first-order valence-corrected chi connectivity index (χ1v) is 26.9. The Labute approximate surface area is 401 Å². The number of rotatable bonds is 3. The van der Waals surface area contributed by atoms with E-state index in [4.69, 9.17) is 0 Å². The second-order valence-electron chi connectivity index (χ2n) is 22.4. The molecule has 0 fully saturated rings. The summed E-state index contributed by atoms with van der Waals surface area (Å²) in [6, 6.07) is 57.2. The molecule has 66 heavy (non-hydrogen) atoms. The molecule has 4 aliphatic rings. The predicted octanol–water partition coefficient (Wildman–Crippen LogP) is 18.5. The van der Waals surface area contributed by atoms with Gasteiger partial charge in [-0.2, -0.15) is 0 Å². The normalized spacial score (nSPS) is 18.9. The lowest BCUT2D eigenvalue weighted by atomic mass is 9.63. The number of hydrogen-bond donors (Lipinski definition) is 1. The molecule has 1 unspecified atom stereocenters. The van der Waals surface area contributed by atoms with E-state index in [9.17, 15) is 0 Å². The van der Waals surface area contributed by atoms with Crippen molar-refractivity contribution in [1.82, 2.24) is 0 Å². The van der Waals surface area contributed by atoms with Crippen LogP contribution in [0.5, 0.6) is 0 Å². The van der Waals surface area contributed by atoms with E-state index in [2.05, 4.69) is 235 Å². The molecule has 7 aromatic carbocycles. The van der Waals surface area contributed by atoms with E-state index in [1.807, 2.05) is 0 Å². The highest BCUT2D eigenvalue weighted by Gasteiger charge is 2.45. The van der Waals surface area contributed by atoms with Crippen molar-refractivity contribution >= 4 is 71.5 Å². The number of anilines is 3. The van der Waals surface area contributed by atoms with Crippen LogP contribution in [0.1, 0.15) is 126 Å². The third-order valence-electron chi connectivity index (χ3n) is 16.1. The number of hydrogen-bond acceptors (Lipinski definition) is 3. The summed E-state index contributed by atoms with van der Waals surface area (Å²) in [7, 11) is -0.913. The van der Waals surface area contributed by atoms with Crippen LogP contribution in [0.3, 0.4) is 0 Å². The van der Waals surface area contributed by atoms with Gasteiger partial charge in [-0.15, -0.1) is 33.6 Å². The van der Waals surface area contributed by atoms with Crippen molar-refractivity contribution in [3.05, 3.63) is 190 Å². The minimum atomic E-state index is -0.913. The second kappa shape index (κ2) is 13.8. The summed E-state index contributed by atoms with van der Waals surface area (Å²) in [6.07, 6.45) is 2.40. The zero-order valence-electron chi connectivity index (χ0n) is 39.6. The highest BCUT2D eigenvalue weighted by molar-refractivity contribution is 8.20. The molecule has 4 heteroatoms. The van der Waals surface area contributed by atoms with Crippen molar-refractivity contribution in [2.24, 2.45) is 0 Å². The fourth-order valence-corrected chi connectivity index (χ4v) is 19.3. The van der Waals surface area contributed by atoms with Crippen molar-refractivity contribution in [3.8, 4) is 21.6 Å². The summed E-state index contributed by atoms with van der Waals surface area (Å²) in [5, 5.41) is 4.25. The lowest BCUT2D eigenvalue weighted by Gasteiger charge is -2.43. The van der Waals surface area contributed by atoms with Crippen molar-refractivity contribution in [3.63, 3.8) is 0 Å². The van der Waals surface area contributed by atoms with Crippen LogP contribution in [0.2, 0.25) is 0 Å². The quantitative estimate of drug-likeness (QED) is 0.173. The third kappa shape index (κ3) is 5.65. The highest BCUT2D eigenvalue weighted by Crippen LogP contribution is 2.75. The van der Waals surface area contributed by atoms with Crippen LogP contribution in [-0.4, -0.2) is 0 Å². The molecule has 0 radical (unpaired) electrons. The Kier molecular flexibility index (Phi) is 8.57. The molecule has 13 rings (SSSR count). The largest absolute Gasteiger partial charge is 0.307 e. The number of fused-ring (bicyclic) bond motifs is 9. The number of thiol groups is 1. The summed E-state index contributed by atoms with van der Waals surface area (Å²) in [5.41, 5.74) is 19.7.